The molecule has 0 saturated heterocycles. The zero-order valence-electron chi connectivity index (χ0n) is 7.40. The highest BCUT2D eigenvalue weighted by atomic mass is 79.9. The maximum absolute atomic E-state index is 11.4. The van der Waals surface area contributed by atoms with Crippen molar-refractivity contribution in [3.05, 3.63) is 43.6 Å². The standard InChI is InChI=1S/C10H7BrClNO/c1-5-7-4-6(12)2-3-8(7)13-10(14)9(5)11/h2-4H,1H3,(H,13,14). The van der Waals surface area contributed by atoms with Crippen LogP contribution in [0.2, 0.25) is 5.02 Å². The van der Waals surface area contributed by atoms with E-state index in [4.69, 9.17) is 11.6 Å². The number of pyridine rings is 1. The van der Waals surface area contributed by atoms with E-state index in [2.05, 4.69) is 20.9 Å². The van der Waals surface area contributed by atoms with E-state index in [-0.39, 0.29) is 5.56 Å². The summed E-state index contributed by atoms with van der Waals surface area (Å²) in [4.78, 5) is 14.2. The summed E-state index contributed by atoms with van der Waals surface area (Å²) in [6.07, 6.45) is 0. The maximum Gasteiger partial charge on any atom is 0.263 e. The van der Waals surface area contributed by atoms with Gasteiger partial charge in [-0.15, -0.1) is 0 Å². The van der Waals surface area contributed by atoms with E-state index in [1.54, 1.807) is 12.1 Å². The summed E-state index contributed by atoms with van der Waals surface area (Å²) in [5.74, 6) is 0. The molecule has 1 N–H and O–H groups in total. The topological polar surface area (TPSA) is 32.9 Å². The molecule has 1 aromatic heterocycles. The summed E-state index contributed by atoms with van der Waals surface area (Å²) in [6, 6.07) is 5.40. The van der Waals surface area contributed by atoms with Crippen LogP contribution in [-0.4, -0.2) is 4.98 Å². The summed E-state index contributed by atoms with van der Waals surface area (Å²) >= 11 is 9.11. The Morgan fingerprint density at radius 1 is 1.43 bits per heavy atom. The summed E-state index contributed by atoms with van der Waals surface area (Å²) in [7, 11) is 0. The number of aryl methyl sites for hydroxylation is 1. The minimum absolute atomic E-state index is 0.114. The number of hydrogen-bond donors (Lipinski definition) is 1. The zero-order chi connectivity index (χ0) is 10.3. The third-order valence-corrected chi connectivity index (χ3v) is 3.35. The van der Waals surface area contributed by atoms with Crippen molar-refractivity contribution in [2.24, 2.45) is 0 Å². The average Bonchev–Trinajstić information content (AvgIpc) is 2.16. The SMILES string of the molecule is Cc1c(Br)c(=O)[nH]c2ccc(Cl)cc12. The molecule has 1 aromatic carbocycles. The van der Waals surface area contributed by atoms with Gasteiger partial charge in [-0.2, -0.15) is 0 Å². The predicted octanol–water partition coefficient (Wildman–Crippen LogP) is 3.25. The Morgan fingerprint density at radius 2 is 2.14 bits per heavy atom. The van der Waals surface area contributed by atoms with Crippen LogP contribution in [0.1, 0.15) is 5.56 Å². The average molecular weight is 273 g/mol. The van der Waals surface area contributed by atoms with Crippen molar-refractivity contribution >= 4 is 38.4 Å². The van der Waals surface area contributed by atoms with E-state index in [1.165, 1.54) is 0 Å². The van der Waals surface area contributed by atoms with Crippen molar-refractivity contribution in [1.29, 1.82) is 0 Å². The lowest BCUT2D eigenvalue weighted by Gasteiger charge is -2.03. The number of benzene rings is 1. The summed E-state index contributed by atoms with van der Waals surface area (Å²) in [5, 5.41) is 1.63. The number of aromatic amines is 1. The minimum atomic E-state index is -0.114. The molecule has 2 rings (SSSR count). The molecular formula is C10H7BrClNO. The third kappa shape index (κ3) is 1.47. The minimum Gasteiger partial charge on any atom is -0.321 e. The van der Waals surface area contributed by atoms with E-state index < -0.39 is 0 Å². The van der Waals surface area contributed by atoms with Crippen LogP contribution in [-0.2, 0) is 0 Å². The number of H-pyrrole nitrogens is 1. The van der Waals surface area contributed by atoms with Crippen LogP contribution < -0.4 is 5.56 Å². The van der Waals surface area contributed by atoms with Crippen LogP contribution in [0.5, 0.6) is 0 Å². The second kappa shape index (κ2) is 3.41. The molecule has 72 valence electrons. The van der Waals surface area contributed by atoms with Gasteiger partial charge >= 0.3 is 0 Å². The van der Waals surface area contributed by atoms with Gasteiger partial charge in [0.15, 0.2) is 0 Å². The monoisotopic (exact) mass is 271 g/mol. The third-order valence-electron chi connectivity index (χ3n) is 2.16. The Labute approximate surface area is 94.0 Å². The molecule has 0 aliphatic carbocycles. The van der Waals surface area contributed by atoms with Gasteiger partial charge in [0.05, 0.1) is 4.47 Å². The van der Waals surface area contributed by atoms with Crippen molar-refractivity contribution in [3.63, 3.8) is 0 Å². The van der Waals surface area contributed by atoms with Crippen LogP contribution in [0.4, 0.5) is 0 Å². The Kier molecular flexibility index (Phi) is 2.37. The molecule has 0 atom stereocenters. The molecule has 2 aromatic rings. The highest BCUT2D eigenvalue weighted by molar-refractivity contribution is 9.10. The Hall–Kier alpha value is -0.800. The van der Waals surface area contributed by atoms with E-state index in [1.807, 2.05) is 13.0 Å². The second-order valence-electron chi connectivity index (χ2n) is 3.08. The molecule has 0 unspecified atom stereocenters. The number of halogens is 2. The molecule has 4 heteroatoms. The van der Waals surface area contributed by atoms with Crippen LogP contribution in [0.15, 0.2) is 27.5 Å². The molecule has 0 spiro atoms. The van der Waals surface area contributed by atoms with Gasteiger partial charge in [-0.3, -0.25) is 4.79 Å². The van der Waals surface area contributed by atoms with Crippen molar-refractivity contribution in [1.82, 2.24) is 4.98 Å². The van der Waals surface area contributed by atoms with E-state index >= 15 is 0 Å². The van der Waals surface area contributed by atoms with Crippen molar-refractivity contribution in [2.75, 3.05) is 0 Å². The molecule has 14 heavy (non-hydrogen) atoms. The second-order valence-corrected chi connectivity index (χ2v) is 4.31. The largest absolute Gasteiger partial charge is 0.321 e. The van der Waals surface area contributed by atoms with Gasteiger partial charge in [0, 0.05) is 15.9 Å². The van der Waals surface area contributed by atoms with Gasteiger partial charge in [0.2, 0.25) is 0 Å². The molecule has 0 aliphatic heterocycles. The Bertz CT molecular complexity index is 562. The first kappa shape index (κ1) is 9.74. The molecule has 0 fully saturated rings. The summed E-state index contributed by atoms with van der Waals surface area (Å²) in [6.45, 7) is 1.89. The number of aromatic nitrogens is 1. The van der Waals surface area contributed by atoms with Crippen LogP contribution in [0, 0.1) is 6.92 Å². The number of nitrogens with one attached hydrogen (secondary N) is 1. The molecule has 0 radical (unpaired) electrons. The first-order chi connectivity index (χ1) is 6.59. The molecule has 0 aliphatic rings. The summed E-state index contributed by atoms with van der Waals surface area (Å²) < 4.78 is 0.562. The highest BCUT2D eigenvalue weighted by Gasteiger charge is 2.06. The maximum atomic E-state index is 11.4. The first-order valence-electron chi connectivity index (χ1n) is 4.07. The predicted molar refractivity (Wildman–Crippen MR) is 62.0 cm³/mol. The molecule has 0 saturated carbocycles. The van der Waals surface area contributed by atoms with E-state index in [0.29, 0.717) is 9.50 Å². The lowest BCUT2D eigenvalue weighted by molar-refractivity contribution is 1.25. The molecule has 0 bridgehead atoms. The Balaban J connectivity index is 2.99. The van der Waals surface area contributed by atoms with Gasteiger partial charge in [-0.25, -0.2) is 0 Å². The first-order valence-corrected chi connectivity index (χ1v) is 5.24. The van der Waals surface area contributed by atoms with Gasteiger partial charge in [-0.05, 0) is 46.6 Å². The fraction of sp³-hybridized carbons (Fsp3) is 0.100. The number of hydrogen-bond acceptors (Lipinski definition) is 1. The van der Waals surface area contributed by atoms with Crippen LogP contribution in [0.3, 0.4) is 0 Å². The normalized spacial score (nSPS) is 10.8. The van der Waals surface area contributed by atoms with Gasteiger partial charge in [0.25, 0.3) is 5.56 Å². The molecule has 0 amide bonds. The van der Waals surface area contributed by atoms with Gasteiger partial charge < -0.3 is 4.98 Å². The smallest absolute Gasteiger partial charge is 0.263 e. The fourth-order valence-corrected chi connectivity index (χ4v) is 1.89. The van der Waals surface area contributed by atoms with Crippen molar-refractivity contribution in [3.8, 4) is 0 Å². The van der Waals surface area contributed by atoms with E-state index in [0.717, 1.165) is 16.5 Å². The quantitative estimate of drug-likeness (QED) is 0.784. The summed E-state index contributed by atoms with van der Waals surface area (Å²) in [5.41, 5.74) is 1.60. The van der Waals surface area contributed by atoms with Crippen molar-refractivity contribution < 1.29 is 0 Å². The number of rotatable bonds is 0. The number of fused-ring (bicyclic) bond motifs is 1. The molecular weight excluding hydrogens is 265 g/mol. The Morgan fingerprint density at radius 3 is 2.86 bits per heavy atom. The molecule has 1 heterocycles. The van der Waals surface area contributed by atoms with Gasteiger partial charge in [-0.1, -0.05) is 11.6 Å². The van der Waals surface area contributed by atoms with Crippen LogP contribution >= 0.6 is 27.5 Å². The van der Waals surface area contributed by atoms with Gasteiger partial charge in [0.1, 0.15) is 0 Å². The molecule has 2 nitrogen and oxygen atoms in total. The fourth-order valence-electron chi connectivity index (χ4n) is 1.40. The highest BCUT2D eigenvalue weighted by Crippen LogP contribution is 2.23. The van der Waals surface area contributed by atoms with Crippen molar-refractivity contribution in [2.45, 2.75) is 6.92 Å². The van der Waals surface area contributed by atoms with Crippen LogP contribution in [0.25, 0.3) is 10.9 Å². The van der Waals surface area contributed by atoms with E-state index in [9.17, 15) is 4.79 Å². The zero-order valence-corrected chi connectivity index (χ0v) is 9.74. The lowest BCUT2D eigenvalue weighted by atomic mass is 10.1. The lowest BCUT2D eigenvalue weighted by Crippen LogP contribution is -2.08.